The van der Waals surface area contributed by atoms with Gasteiger partial charge in [0.05, 0.1) is 15.7 Å². The zero-order valence-electron chi connectivity index (χ0n) is 18.0. The van der Waals surface area contributed by atoms with Crippen LogP contribution >= 0.6 is 34.8 Å². The molecule has 0 bridgehead atoms. The predicted molar refractivity (Wildman–Crippen MR) is 138 cm³/mol. The molecular formula is C26H16Cl3N3O3. The van der Waals surface area contributed by atoms with Crippen molar-refractivity contribution in [3.63, 3.8) is 0 Å². The Morgan fingerprint density at radius 1 is 0.857 bits per heavy atom. The number of nitrogens with one attached hydrogen (secondary N) is 1. The third-order valence-corrected chi connectivity index (χ3v) is 6.63. The average Bonchev–Trinajstić information content (AvgIpc) is 3.17. The molecule has 5 rings (SSSR count). The summed E-state index contributed by atoms with van der Waals surface area (Å²) >= 11 is 18.1. The Morgan fingerprint density at radius 3 is 2.34 bits per heavy atom. The van der Waals surface area contributed by atoms with Crippen LogP contribution in [0.1, 0.15) is 11.1 Å². The van der Waals surface area contributed by atoms with E-state index in [9.17, 15) is 14.4 Å². The number of aromatic nitrogens is 1. The smallest absolute Gasteiger partial charge is 0.335 e. The van der Waals surface area contributed by atoms with Crippen molar-refractivity contribution in [3.05, 3.63) is 105 Å². The Kier molecular flexibility index (Phi) is 6.11. The van der Waals surface area contributed by atoms with Crippen molar-refractivity contribution in [2.24, 2.45) is 0 Å². The molecular weight excluding hydrogens is 509 g/mol. The van der Waals surface area contributed by atoms with Crippen LogP contribution in [0.4, 0.5) is 10.5 Å². The van der Waals surface area contributed by atoms with Crippen LogP contribution in [0.25, 0.3) is 17.0 Å². The molecule has 4 aromatic rings. The van der Waals surface area contributed by atoms with Crippen molar-refractivity contribution in [3.8, 4) is 0 Å². The van der Waals surface area contributed by atoms with Gasteiger partial charge in [0.2, 0.25) is 0 Å². The van der Waals surface area contributed by atoms with Gasteiger partial charge in [-0.3, -0.25) is 14.9 Å². The number of benzene rings is 3. The maximum Gasteiger partial charge on any atom is 0.335 e. The SMILES string of the molecule is O=C1NC(=O)N(c2ccc(Cl)cc2)C(=O)C1=Cc1cn(Cc2ccc(Cl)c(Cl)c2)c2ccccc12. The number of hydrogen-bond donors (Lipinski definition) is 1. The fourth-order valence-electron chi connectivity index (χ4n) is 3.99. The first-order chi connectivity index (χ1) is 16.8. The first-order valence-corrected chi connectivity index (χ1v) is 11.6. The minimum atomic E-state index is -0.818. The van der Waals surface area contributed by atoms with E-state index < -0.39 is 17.8 Å². The van der Waals surface area contributed by atoms with E-state index >= 15 is 0 Å². The van der Waals surface area contributed by atoms with Crippen LogP contribution in [0, 0.1) is 0 Å². The molecule has 0 unspecified atom stereocenters. The van der Waals surface area contributed by atoms with E-state index in [0.29, 0.717) is 32.9 Å². The molecule has 0 radical (unpaired) electrons. The lowest BCUT2D eigenvalue weighted by molar-refractivity contribution is -0.122. The third kappa shape index (κ3) is 4.44. The van der Waals surface area contributed by atoms with Crippen LogP contribution in [0.5, 0.6) is 0 Å². The molecule has 0 aliphatic carbocycles. The Balaban J connectivity index is 1.56. The van der Waals surface area contributed by atoms with Crippen LogP contribution in [0.15, 0.2) is 78.5 Å². The number of halogens is 3. The molecule has 0 saturated carbocycles. The molecule has 1 saturated heterocycles. The van der Waals surface area contributed by atoms with Crippen LogP contribution in [-0.2, 0) is 16.1 Å². The fraction of sp³-hybridized carbons (Fsp3) is 0.0385. The zero-order valence-corrected chi connectivity index (χ0v) is 20.2. The number of urea groups is 1. The van der Waals surface area contributed by atoms with E-state index in [1.54, 1.807) is 24.3 Å². The highest BCUT2D eigenvalue weighted by Gasteiger charge is 2.37. The van der Waals surface area contributed by atoms with Crippen molar-refractivity contribution in [2.45, 2.75) is 6.54 Å². The van der Waals surface area contributed by atoms with Crippen molar-refractivity contribution in [2.75, 3.05) is 4.90 Å². The predicted octanol–water partition coefficient (Wildman–Crippen LogP) is 6.32. The van der Waals surface area contributed by atoms with Gasteiger partial charge in [-0.05, 0) is 54.1 Å². The summed E-state index contributed by atoms with van der Waals surface area (Å²) in [6, 6.07) is 18.4. The van der Waals surface area contributed by atoms with Gasteiger partial charge in [-0.2, -0.15) is 0 Å². The number of imide groups is 2. The minimum Gasteiger partial charge on any atom is -0.342 e. The van der Waals surface area contributed by atoms with Crippen LogP contribution < -0.4 is 10.2 Å². The summed E-state index contributed by atoms with van der Waals surface area (Å²) in [5.74, 6) is -1.48. The first-order valence-electron chi connectivity index (χ1n) is 10.5. The molecule has 1 aliphatic heterocycles. The maximum absolute atomic E-state index is 13.2. The number of barbiturate groups is 1. The van der Waals surface area contributed by atoms with Crippen molar-refractivity contribution < 1.29 is 14.4 Å². The summed E-state index contributed by atoms with van der Waals surface area (Å²) in [6.07, 6.45) is 3.35. The van der Waals surface area contributed by atoms with Gasteiger partial charge < -0.3 is 4.57 Å². The normalized spacial score (nSPS) is 15.2. The highest BCUT2D eigenvalue weighted by Crippen LogP contribution is 2.29. The molecule has 174 valence electrons. The van der Waals surface area contributed by atoms with Gasteiger partial charge in [0.1, 0.15) is 5.57 Å². The minimum absolute atomic E-state index is 0.156. The van der Waals surface area contributed by atoms with Gasteiger partial charge >= 0.3 is 6.03 Å². The zero-order chi connectivity index (χ0) is 24.7. The van der Waals surface area contributed by atoms with Gasteiger partial charge in [-0.1, -0.05) is 59.1 Å². The van der Waals surface area contributed by atoms with Gasteiger partial charge in [0.15, 0.2) is 0 Å². The third-order valence-electron chi connectivity index (χ3n) is 5.64. The fourth-order valence-corrected chi connectivity index (χ4v) is 4.44. The molecule has 1 N–H and O–H groups in total. The lowest BCUT2D eigenvalue weighted by Gasteiger charge is -2.26. The molecule has 1 aromatic heterocycles. The molecule has 0 atom stereocenters. The van der Waals surface area contributed by atoms with E-state index in [1.165, 1.54) is 18.2 Å². The number of rotatable bonds is 4. The second-order valence-electron chi connectivity index (χ2n) is 7.91. The number of para-hydroxylation sites is 1. The standard InChI is InChI=1S/C26H16Cl3N3O3/c27-17-6-8-18(9-7-17)32-25(34)20(24(33)30-26(32)35)12-16-14-31(23-4-2-1-3-19(16)23)13-15-5-10-21(28)22(29)11-15/h1-12,14H,13H2,(H,30,33,35). The van der Waals surface area contributed by atoms with E-state index in [1.807, 2.05) is 41.1 Å². The van der Waals surface area contributed by atoms with E-state index in [-0.39, 0.29) is 5.57 Å². The van der Waals surface area contributed by atoms with Crippen molar-refractivity contribution in [1.82, 2.24) is 9.88 Å². The van der Waals surface area contributed by atoms with E-state index in [4.69, 9.17) is 34.8 Å². The lowest BCUT2D eigenvalue weighted by atomic mass is 10.1. The Morgan fingerprint density at radius 2 is 1.60 bits per heavy atom. The summed E-state index contributed by atoms with van der Waals surface area (Å²) < 4.78 is 1.99. The molecule has 6 nitrogen and oxygen atoms in total. The number of anilines is 1. The highest BCUT2D eigenvalue weighted by molar-refractivity contribution is 6.42. The molecule has 9 heteroatoms. The maximum atomic E-state index is 13.2. The largest absolute Gasteiger partial charge is 0.342 e. The lowest BCUT2D eigenvalue weighted by Crippen LogP contribution is -2.54. The first kappa shape index (κ1) is 23.2. The number of hydrogen-bond acceptors (Lipinski definition) is 3. The molecule has 2 heterocycles. The van der Waals surface area contributed by atoms with E-state index in [2.05, 4.69) is 5.32 Å². The van der Waals surface area contributed by atoms with Gasteiger partial charge in [-0.15, -0.1) is 0 Å². The summed E-state index contributed by atoms with van der Waals surface area (Å²) in [5.41, 5.74) is 2.64. The molecule has 4 amide bonds. The topological polar surface area (TPSA) is 71.4 Å². The summed E-state index contributed by atoms with van der Waals surface area (Å²) in [6.45, 7) is 0.496. The van der Waals surface area contributed by atoms with Gasteiger partial charge in [-0.25, -0.2) is 9.69 Å². The molecule has 35 heavy (non-hydrogen) atoms. The molecule has 1 aliphatic rings. The van der Waals surface area contributed by atoms with Crippen molar-refractivity contribution >= 4 is 75.3 Å². The number of carbonyl (C=O) groups excluding carboxylic acids is 3. The van der Waals surface area contributed by atoms with Crippen LogP contribution in [0.2, 0.25) is 15.1 Å². The summed E-state index contributed by atoms with van der Waals surface area (Å²) in [4.78, 5) is 39.3. The second-order valence-corrected chi connectivity index (χ2v) is 9.16. The summed E-state index contributed by atoms with van der Waals surface area (Å²) in [5, 5.41) is 4.47. The monoisotopic (exact) mass is 523 g/mol. The van der Waals surface area contributed by atoms with Crippen LogP contribution in [0.3, 0.4) is 0 Å². The summed E-state index contributed by atoms with van der Waals surface area (Å²) in [7, 11) is 0. The second kappa shape index (κ2) is 9.23. The van der Waals surface area contributed by atoms with Crippen LogP contribution in [-0.4, -0.2) is 22.4 Å². The Bertz CT molecular complexity index is 1540. The number of fused-ring (bicyclic) bond motifs is 1. The van der Waals surface area contributed by atoms with Crippen molar-refractivity contribution in [1.29, 1.82) is 0 Å². The molecule has 3 aromatic carbocycles. The molecule has 0 spiro atoms. The van der Waals surface area contributed by atoms with Gasteiger partial charge in [0.25, 0.3) is 11.8 Å². The number of amides is 4. The van der Waals surface area contributed by atoms with Gasteiger partial charge in [0, 0.05) is 34.2 Å². The molecule has 1 fully saturated rings. The Labute approximate surface area is 215 Å². The average molecular weight is 525 g/mol. The Hall–Kier alpha value is -3.58. The highest BCUT2D eigenvalue weighted by atomic mass is 35.5. The number of carbonyl (C=O) groups is 3. The number of nitrogens with zero attached hydrogens (tertiary/aromatic N) is 2. The van der Waals surface area contributed by atoms with E-state index in [0.717, 1.165) is 21.4 Å². The quantitative estimate of drug-likeness (QED) is 0.251.